The van der Waals surface area contributed by atoms with Crippen LogP contribution in [0.3, 0.4) is 0 Å². The van der Waals surface area contributed by atoms with Gasteiger partial charge in [0.05, 0.1) is 11.9 Å². The van der Waals surface area contributed by atoms with Crippen LogP contribution in [0.5, 0.6) is 0 Å². The lowest BCUT2D eigenvalue weighted by atomic mass is 9.89. The van der Waals surface area contributed by atoms with Gasteiger partial charge in [-0.2, -0.15) is 26.3 Å². The fourth-order valence-electron chi connectivity index (χ4n) is 3.18. The molecule has 0 aliphatic carbocycles. The molecule has 1 aliphatic rings. The van der Waals surface area contributed by atoms with Crippen LogP contribution >= 0.6 is 0 Å². The van der Waals surface area contributed by atoms with Gasteiger partial charge in [0.2, 0.25) is 0 Å². The highest BCUT2D eigenvalue weighted by Gasteiger charge is 2.38. The van der Waals surface area contributed by atoms with Crippen LogP contribution in [-0.2, 0) is 9.59 Å². The van der Waals surface area contributed by atoms with Gasteiger partial charge in [0.15, 0.2) is 0 Å². The average molecular weight is 498 g/mol. The molecule has 1 aromatic heterocycles. The molecule has 1 aromatic carbocycles. The fraction of sp³-hybridized carbons (Fsp3) is 0.450. The first-order chi connectivity index (χ1) is 15.7. The molecule has 7 N–H and O–H groups in total. The molecule has 0 saturated carbocycles. The van der Waals surface area contributed by atoms with Crippen LogP contribution in [-0.4, -0.2) is 57.9 Å². The third kappa shape index (κ3) is 8.92. The molecule has 0 radical (unpaired) electrons. The van der Waals surface area contributed by atoms with Gasteiger partial charge < -0.3 is 26.7 Å². The van der Waals surface area contributed by atoms with Crippen molar-refractivity contribution in [3.05, 3.63) is 36.0 Å². The first-order valence-corrected chi connectivity index (χ1v) is 9.86. The summed E-state index contributed by atoms with van der Waals surface area (Å²) in [6.07, 6.45) is -3.78. The van der Waals surface area contributed by atoms with E-state index in [-0.39, 0.29) is 12.0 Å². The van der Waals surface area contributed by atoms with Gasteiger partial charge in [-0.3, -0.25) is 4.99 Å². The minimum atomic E-state index is -5.08. The maximum absolute atomic E-state index is 10.6. The normalized spacial score (nSPS) is 17.3. The zero-order valence-electron chi connectivity index (χ0n) is 17.7. The van der Waals surface area contributed by atoms with E-state index in [0.717, 1.165) is 30.6 Å². The molecule has 0 amide bonds. The highest BCUT2D eigenvalue weighted by Crippen LogP contribution is 2.31. The summed E-state index contributed by atoms with van der Waals surface area (Å²) < 4.78 is 63.5. The van der Waals surface area contributed by atoms with Gasteiger partial charge in [-0.25, -0.2) is 9.59 Å². The maximum atomic E-state index is 10.6. The second kappa shape index (κ2) is 12.3. The number of nitrogens with two attached hydrogens (primary N) is 2. The summed E-state index contributed by atoms with van der Waals surface area (Å²) in [6, 6.07) is 8.56. The molecular formula is C20H24F6N4O4. The first-order valence-electron chi connectivity index (χ1n) is 9.86. The molecule has 2 aromatic rings. The summed E-state index contributed by atoms with van der Waals surface area (Å²) in [7, 11) is 0. The topological polar surface area (TPSA) is 155 Å². The van der Waals surface area contributed by atoms with Crippen LogP contribution in [0.2, 0.25) is 0 Å². The van der Waals surface area contributed by atoms with Crippen molar-refractivity contribution in [2.24, 2.45) is 16.5 Å². The van der Waals surface area contributed by atoms with Crippen LogP contribution < -0.4 is 11.5 Å². The van der Waals surface area contributed by atoms with Crippen LogP contribution in [0.15, 0.2) is 35.5 Å². The van der Waals surface area contributed by atoms with Gasteiger partial charge in [0, 0.05) is 36.0 Å². The molecular weight excluding hydrogens is 474 g/mol. The Hall–Kier alpha value is -3.29. The van der Waals surface area contributed by atoms with E-state index in [2.05, 4.69) is 29.4 Å². The second-order valence-corrected chi connectivity index (χ2v) is 7.17. The van der Waals surface area contributed by atoms with E-state index in [1.165, 1.54) is 17.4 Å². The van der Waals surface area contributed by atoms with Gasteiger partial charge in [-0.05, 0) is 24.5 Å². The summed E-state index contributed by atoms with van der Waals surface area (Å²) in [5, 5.41) is 15.5. The number of aliphatic imine (C=N–C) groups is 1. The summed E-state index contributed by atoms with van der Waals surface area (Å²) in [5.74, 6) is -4.49. The van der Waals surface area contributed by atoms with E-state index in [1.54, 1.807) is 0 Å². The van der Waals surface area contributed by atoms with Gasteiger partial charge in [-0.15, -0.1) is 0 Å². The number of aromatic amines is 1. The highest BCUT2D eigenvalue weighted by molar-refractivity contribution is 5.84. The zero-order valence-corrected chi connectivity index (χ0v) is 17.7. The summed E-state index contributed by atoms with van der Waals surface area (Å²) >= 11 is 0. The van der Waals surface area contributed by atoms with E-state index >= 15 is 0 Å². The van der Waals surface area contributed by atoms with Gasteiger partial charge >= 0.3 is 24.3 Å². The Morgan fingerprint density at radius 3 is 2.09 bits per heavy atom. The van der Waals surface area contributed by atoms with Crippen LogP contribution in [0.25, 0.3) is 10.9 Å². The van der Waals surface area contributed by atoms with Crippen LogP contribution in [0.1, 0.15) is 37.2 Å². The van der Waals surface area contributed by atoms with Crippen molar-refractivity contribution in [1.82, 2.24) is 4.98 Å². The molecule has 8 nitrogen and oxygen atoms in total. The van der Waals surface area contributed by atoms with Crippen LogP contribution in [0.4, 0.5) is 26.3 Å². The number of aromatic nitrogens is 1. The standard InChI is InChI=1S/C16H22N4.2C2HF3O2/c17-9-12(15-7-3-4-8-16(18)20-15)13-10-19-14-6-2-1-5-11(13)14;2*3-2(4,5)1(6)7/h1-2,5-6,10,12,15,19H,3-4,7-9,17H2,(H2,18,20);2*(H,6,7). The zero-order chi connectivity index (χ0) is 26.1. The molecule has 190 valence electrons. The quantitative estimate of drug-likeness (QED) is 0.406. The van der Waals surface area contributed by atoms with Crippen molar-refractivity contribution in [2.45, 2.75) is 50.0 Å². The Morgan fingerprint density at radius 2 is 1.59 bits per heavy atom. The number of carboxylic acids is 2. The molecule has 0 spiro atoms. The predicted molar refractivity (Wildman–Crippen MR) is 111 cm³/mol. The number of nitrogens with zero attached hydrogens (tertiary/aromatic N) is 1. The van der Waals surface area contributed by atoms with Crippen molar-refractivity contribution in [3.8, 4) is 0 Å². The van der Waals surface area contributed by atoms with Gasteiger partial charge in [0.25, 0.3) is 0 Å². The Bertz CT molecular complexity index is 963. The molecule has 0 fully saturated rings. The number of rotatable bonds is 3. The van der Waals surface area contributed by atoms with Crippen molar-refractivity contribution < 1.29 is 46.1 Å². The third-order valence-electron chi connectivity index (χ3n) is 4.74. The first kappa shape index (κ1) is 28.7. The number of hydrogen-bond donors (Lipinski definition) is 5. The van der Waals surface area contributed by atoms with E-state index in [4.69, 9.17) is 36.3 Å². The number of benzene rings is 1. The average Bonchev–Trinajstić information content (AvgIpc) is 3.03. The maximum Gasteiger partial charge on any atom is 0.490 e. The smallest absolute Gasteiger partial charge is 0.475 e. The van der Waals surface area contributed by atoms with E-state index in [1.807, 2.05) is 6.07 Å². The number of nitrogens with one attached hydrogen (secondary N) is 1. The van der Waals surface area contributed by atoms with Crippen molar-refractivity contribution in [2.75, 3.05) is 6.54 Å². The number of H-pyrrole nitrogens is 1. The predicted octanol–water partition coefficient (Wildman–Crippen LogP) is 3.78. The Morgan fingerprint density at radius 1 is 1.06 bits per heavy atom. The van der Waals surface area contributed by atoms with E-state index in [9.17, 15) is 26.3 Å². The molecule has 14 heteroatoms. The molecule has 1 aliphatic heterocycles. The van der Waals surface area contributed by atoms with Gasteiger partial charge in [-0.1, -0.05) is 24.6 Å². The molecule has 34 heavy (non-hydrogen) atoms. The monoisotopic (exact) mass is 498 g/mol. The molecule has 3 rings (SSSR count). The number of para-hydroxylation sites is 1. The molecule has 2 unspecified atom stereocenters. The Labute approximate surface area is 189 Å². The lowest BCUT2D eigenvalue weighted by Crippen LogP contribution is -2.26. The summed E-state index contributed by atoms with van der Waals surface area (Å²) in [6.45, 7) is 0.600. The SMILES string of the molecule is NCC(c1c[nH]c2ccccc12)C1CCCCC(N)=N1.O=C(O)C(F)(F)F.O=C(O)C(F)(F)F. The molecule has 0 saturated heterocycles. The Kier molecular flexibility index (Phi) is 10.4. The summed E-state index contributed by atoms with van der Waals surface area (Å²) in [4.78, 5) is 25.8. The molecule has 2 heterocycles. The van der Waals surface area contributed by atoms with Crippen molar-refractivity contribution >= 4 is 28.7 Å². The second-order valence-electron chi connectivity index (χ2n) is 7.17. The number of carboxylic acid groups (broad SMARTS) is 2. The fourth-order valence-corrected chi connectivity index (χ4v) is 3.18. The number of hydrogen-bond acceptors (Lipinski definition) is 5. The number of amidine groups is 1. The highest BCUT2D eigenvalue weighted by atomic mass is 19.4. The van der Waals surface area contributed by atoms with Crippen LogP contribution in [0, 0.1) is 0 Å². The Balaban J connectivity index is 0.000000343. The van der Waals surface area contributed by atoms with E-state index in [0.29, 0.717) is 6.54 Å². The van der Waals surface area contributed by atoms with Crippen molar-refractivity contribution in [1.29, 1.82) is 0 Å². The molecule has 0 bridgehead atoms. The molecule has 2 atom stereocenters. The van der Waals surface area contributed by atoms with Crippen molar-refractivity contribution in [3.63, 3.8) is 0 Å². The minimum absolute atomic E-state index is 0.210. The number of alkyl halides is 6. The summed E-state index contributed by atoms with van der Waals surface area (Å²) in [5.41, 5.74) is 14.5. The number of fused-ring (bicyclic) bond motifs is 1. The number of carbonyl (C=O) groups is 2. The van der Waals surface area contributed by atoms with E-state index < -0.39 is 24.3 Å². The third-order valence-corrected chi connectivity index (χ3v) is 4.74. The largest absolute Gasteiger partial charge is 0.490 e. The minimum Gasteiger partial charge on any atom is -0.475 e. The van der Waals surface area contributed by atoms with Gasteiger partial charge in [0.1, 0.15) is 0 Å². The number of aliphatic carboxylic acids is 2. The lowest BCUT2D eigenvalue weighted by Gasteiger charge is -2.22. The number of halogens is 6. The lowest BCUT2D eigenvalue weighted by molar-refractivity contribution is -0.193.